The number of aromatic nitrogens is 1. The topological polar surface area (TPSA) is 71.2 Å². The van der Waals surface area contributed by atoms with Crippen LogP contribution in [0.3, 0.4) is 0 Å². The standard InChI is InChI=1S/C14H18N4OS/c1-2-18(9-11-3-6-16-7-4-11)10-12-5-8-20-13(12)14(19)17-15/h3-8H,2,9-10,15H2,1H3,(H,17,19). The number of hydrazine groups is 1. The number of pyridine rings is 1. The van der Waals surface area contributed by atoms with Crippen LogP contribution in [0.5, 0.6) is 0 Å². The Morgan fingerprint density at radius 1 is 1.35 bits per heavy atom. The second kappa shape index (κ2) is 7.14. The average molecular weight is 290 g/mol. The molecule has 2 aromatic heterocycles. The highest BCUT2D eigenvalue weighted by Crippen LogP contribution is 2.19. The van der Waals surface area contributed by atoms with E-state index in [-0.39, 0.29) is 5.91 Å². The fourth-order valence-electron chi connectivity index (χ4n) is 1.99. The second-order valence-electron chi connectivity index (χ2n) is 4.41. The minimum absolute atomic E-state index is 0.227. The Labute approximate surface area is 122 Å². The van der Waals surface area contributed by atoms with Crippen molar-refractivity contribution in [3.63, 3.8) is 0 Å². The molecule has 3 N–H and O–H groups in total. The van der Waals surface area contributed by atoms with Gasteiger partial charge in [-0.25, -0.2) is 5.84 Å². The van der Waals surface area contributed by atoms with Crippen molar-refractivity contribution in [2.24, 2.45) is 5.84 Å². The molecular formula is C14H18N4OS. The van der Waals surface area contributed by atoms with Crippen LogP contribution in [0, 0.1) is 0 Å². The Kier molecular flexibility index (Phi) is 5.23. The van der Waals surface area contributed by atoms with Crippen LogP contribution < -0.4 is 11.3 Å². The van der Waals surface area contributed by atoms with Gasteiger partial charge in [0.1, 0.15) is 0 Å². The summed E-state index contributed by atoms with van der Waals surface area (Å²) in [6.07, 6.45) is 3.59. The van der Waals surface area contributed by atoms with E-state index in [1.165, 1.54) is 16.9 Å². The highest BCUT2D eigenvalue weighted by molar-refractivity contribution is 7.12. The first-order chi connectivity index (χ1) is 9.74. The van der Waals surface area contributed by atoms with E-state index in [1.807, 2.05) is 23.6 Å². The van der Waals surface area contributed by atoms with Gasteiger partial charge in [-0.05, 0) is 41.3 Å². The lowest BCUT2D eigenvalue weighted by Gasteiger charge is -2.20. The lowest BCUT2D eigenvalue weighted by molar-refractivity contribution is 0.0956. The van der Waals surface area contributed by atoms with Gasteiger partial charge < -0.3 is 0 Å². The highest BCUT2D eigenvalue weighted by Gasteiger charge is 2.14. The molecule has 0 saturated carbocycles. The van der Waals surface area contributed by atoms with E-state index in [9.17, 15) is 4.79 Å². The Bertz CT molecular complexity index is 555. The Morgan fingerprint density at radius 2 is 2.10 bits per heavy atom. The number of nitrogens with one attached hydrogen (secondary N) is 1. The molecule has 2 aromatic rings. The SMILES string of the molecule is CCN(Cc1ccncc1)Cc1ccsc1C(=O)NN. The second-order valence-corrected chi connectivity index (χ2v) is 5.32. The van der Waals surface area contributed by atoms with E-state index in [2.05, 4.69) is 22.2 Å². The summed E-state index contributed by atoms with van der Waals surface area (Å²) in [5.74, 6) is 4.98. The van der Waals surface area contributed by atoms with E-state index >= 15 is 0 Å². The van der Waals surface area contributed by atoms with Gasteiger partial charge in [-0.1, -0.05) is 6.92 Å². The average Bonchev–Trinajstić information content (AvgIpc) is 2.95. The number of thiophene rings is 1. The largest absolute Gasteiger partial charge is 0.295 e. The van der Waals surface area contributed by atoms with Crippen LogP contribution in [0.2, 0.25) is 0 Å². The number of hydrogen-bond acceptors (Lipinski definition) is 5. The van der Waals surface area contributed by atoms with Gasteiger partial charge in [0.05, 0.1) is 4.88 Å². The quantitative estimate of drug-likeness (QED) is 0.483. The monoisotopic (exact) mass is 290 g/mol. The van der Waals surface area contributed by atoms with Crippen molar-refractivity contribution in [3.05, 3.63) is 52.0 Å². The number of nitrogens with two attached hydrogens (primary N) is 1. The Balaban J connectivity index is 2.07. The first-order valence-corrected chi connectivity index (χ1v) is 7.31. The third kappa shape index (κ3) is 3.63. The van der Waals surface area contributed by atoms with Crippen LogP contribution in [-0.2, 0) is 13.1 Å². The summed E-state index contributed by atoms with van der Waals surface area (Å²) in [7, 11) is 0. The van der Waals surface area contributed by atoms with Crippen molar-refractivity contribution in [2.75, 3.05) is 6.54 Å². The van der Waals surface area contributed by atoms with Gasteiger partial charge in [-0.15, -0.1) is 11.3 Å². The summed E-state index contributed by atoms with van der Waals surface area (Å²) in [6, 6.07) is 5.98. The van der Waals surface area contributed by atoms with Crippen molar-refractivity contribution < 1.29 is 4.79 Å². The van der Waals surface area contributed by atoms with Crippen LogP contribution in [0.4, 0.5) is 0 Å². The van der Waals surface area contributed by atoms with Gasteiger partial charge in [-0.3, -0.25) is 20.1 Å². The zero-order valence-electron chi connectivity index (χ0n) is 11.4. The summed E-state index contributed by atoms with van der Waals surface area (Å²) >= 11 is 1.41. The molecule has 0 bridgehead atoms. The number of nitrogens with zero attached hydrogens (tertiary/aromatic N) is 2. The van der Waals surface area contributed by atoms with Crippen LogP contribution in [0.15, 0.2) is 36.0 Å². The maximum absolute atomic E-state index is 11.7. The molecule has 0 spiro atoms. The molecular weight excluding hydrogens is 272 g/mol. The van der Waals surface area contributed by atoms with Gasteiger partial charge in [0.2, 0.25) is 0 Å². The smallest absolute Gasteiger partial charge is 0.275 e. The summed E-state index contributed by atoms with van der Waals surface area (Å²) < 4.78 is 0. The molecule has 0 aromatic carbocycles. The fraction of sp³-hybridized carbons (Fsp3) is 0.286. The summed E-state index contributed by atoms with van der Waals surface area (Å²) in [5, 5.41) is 1.92. The van der Waals surface area contributed by atoms with Crippen molar-refractivity contribution in [1.29, 1.82) is 0 Å². The van der Waals surface area contributed by atoms with Crippen molar-refractivity contribution >= 4 is 17.2 Å². The third-order valence-electron chi connectivity index (χ3n) is 3.08. The van der Waals surface area contributed by atoms with Crippen LogP contribution in [0.1, 0.15) is 27.7 Å². The van der Waals surface area contributed by atoms with E-state index in [1.54, 1.807) is 12.4 Å². The lowest BCUT2D eigenvalue weighted by atomic mass is 10.2. The van der Waals surface area contributed by atoms with E-state index in [0.29, 0.717) is 4.88 Å². The predicted molar refractivity (Wildman–Crippen MR) is 80.0 cm³/mol. The Morgan fingerprint density at radius 3 is 2.75 bits per heavy atom. The number of nitrogen functional groups attached to an aromatic ring is 1. The molecule has 0 aliphatic carbocycles. The zero-order chi connectivity index (χ0) is 14.4. The first kappa shape index (κ1) is 14.6. The van der Waals surface area contributed by atoms with E-state index in [4.69, 9.17) is 5.84 Å². The first-order valence-electron chi connectivity index (χ1n) is 6.43. The summed E-state index contributed by atoms with van der Waals surface area (Å²) in [4.78, 5) is 18.6. The van der Waals surface area contributed by atoms with Gasteiger partial charge in [0.25, 0.3) is 5.91 Å². The van der Waals surface area contributed by atoms with Crippen LogP contribution in [0.25, 0.3) is 0 Å². The molecule has 106 valence electrons. The number of amides is 1. The van der Waals surface area contributed by atoms with E-state index in [0.717, 1.165) is 25.2 Å². The molecule has 5 nitrogen and oxygen atoms in total. The molecule has 0 atom stereocenters. The molecule has 0 unspecified atom stereocenters. The molecule has 0 aliphatic heterocycles. The van der Waals surface area contributed by atoms with Gasteiger partial charge in [0.15, 0.2) is 0 Å². The molecule has 0 radical (unpaired) electrons. The zero-order valence-corrected chi connectivity index (χ0v) is 12.2. The Hall–Kier alpha value is -1.76. The van der Waals surface area contributed by atoms with Crippen molar-refractivity contribution in [2.45, 2.75) is 20.0 Å². The maximum atomic E-state index is 11.7. The number of carbonyl (C=O) groups excluding carboxylic acids is 1. The predicted octanol–water partition coefficient (Wildman–Crippen LogP) is 1.77. The molecule has 0 saturated heterocycles. The minimum atomic E-state index is -0.227. The van der Waals surface area contributed by atoms with Gasteiger partial charge >= 0.3 is 0 Å². The van der Waals surface area contributed by atoms with Crippen molar-refractivity contribution in [3.8, 4) is 0 Å². The van der Waals surface area contributed by atoms with Crippen molar-refractivity contribution in [1.82, 2.24) is 15.3 Å². The molecule has 20 heavy (non-hydrogen) atoms. The highest BCUT2D eigenvalue weighted by atomic mass is 32.1. The maximum Gasteiger partial charge on any atom is 0.275 e. The third-order valence-corrected chi connectivity index (χ3v) is 4.04. The van der Waals surface area contributed by atoms with E-state index < -0.39 is 0 Å². The molecule has 6 heteroatoms. The molecule has 0 fully saturated rings. The normalized spacial score (nSPS) is 10.8. The molecule has 1 amide bonds. The number of carbonyl (C=O) groups is 1. The van der Waals surface area contributed by atoms with Gasteiger partial charge in [0, 0.05) is 25.5 Å². The van der Waals surface area contributed by atoms with Crippen LogP contribution >= 0.6 is 11.3 Å². The fourth-order valence-corrected chi connectivity index (χ4v) is 2.81. The summed E-state index contributed by atoms with van der Waals surface area (Å²) in [5.41, 5.74) is 4.41. The molecule has 2 heterocycles. The number of rotatable bonds is 6. The summed E-state index contributed by atoms with van der Waals surface area (Å²) in [6.45, 7) is 4.57. The molecule has 0 aliphatic rings. The molecule has 2 rings (SSSR count). The lowest BCUT2D eigenvalue weighted by Crippen LogP contribution is -2.31. The number of hydrogen-bond donors (Lipinski definition) is 2. The van der Waals surface area contributed by atoms with Crippen LogP contribution in [-0.4, -0.2) is 22.3 Å². The minimum Gasteiger partial charge on any atom is -0.295 e. The van der Waals surface area contributed by atoms with Gasteiger partial charge in [-0.2, -0.15) is 0 Å².